The van der Waals surface area contributed by atoms with Crippen LogP contribution in [-0.2, 0) is 6.54 Å². The van der Waals surface area contributed by atoms with Crippen LogP contribution in [-0.4, -0.2) is 35.0 Å². The topological polar surface area (TPSA) is 54.5 Å². The zero-order valence-corrected chi connectivity index (χ0v) is 21.2. The van der Waals surface area contributed by atoms with Gasteiger partial charge < -0.3 is 10.1 Å². The number of piperidine rings is 1. The third-order valence-corrected chi connectivity index (χ3v) is 7.30. The fourth-order valence-electron chi connectivity index (χ4n) is 5.11. The predicted octanol–water partition coefficient (Wildman–Crippen LogP) is 6.93. The molecule has 2 atom stereocenters. The van der Waals surface area contributed by atoms with Crippen molar-refractivity contribution >= 4 is 22.5 Å². The first kappa shape index (κ1) is 24.0. The maximum Gasteiger partial charge on any atom is 0.255 e. The van der Waals surface area contributed by atoms with Crippen molar-refractivity contribution in [3.63, 3.8) is 0 Å². The van der Waals surface area contributed by atoms with Crippen LogP contribution in [0.1, 0.15) is 49.2 Å². The highest BCUT2D eigenvalue weighted by Crippen LogP contribution is 2.26. The van der Waals surface area contributed by atoms with E-state index in [1.807, 2.05) is 66.7 Å². The molecule has 1 amide bonds. The normalized spacial score (nSPS) is 18.2. The maximum atomic E-state index is 12.9. The fourth-order valence-corrected chi connectivity index (χ4v) is 5.11. The van der Waals surface area contributed by atoms with Gasteiger partial charge in [-0.1, -0.05) is 36.8 Å². The minimum atomic E-state index is -0.131. The van der Waals surface area contributed by atoms with Crippen molar-refractivity contribution in [1.82, 2.24) is 9.88 Å². The van der Waals surface area contributed by atoms with E-state index in [1.165, 1.54) is 19.3 Å². The Bertz CT molecular complexity index is 1340. The number of rotatable bonds is 6. The Morgan fingerprint density at radius 2 is 1.58 bits per heavy atom. The summed E-state index contributed by atoms with van der Waals surface area (Å²) in [5.41, 5.74) is 5.55. The summed E-state index contributed by atoms with van der Waals surface area (Å²) in [5, 5.41) is 4.04. The standard InChI is InChI=1S/C31H33N3O2/c1-21-5-4-6-22(2)34(21)20-28-14-11-26-19-27(15-18-30(26)32-28)33-31(35)25-9-7-23(8-10-25)24-12-16-29(36-3)17-13-24/h7-19,21-22H,4-6,20H2,1-3H3,(H,33,35). The van der Waals surface area contributed by atoms with Gasteiger partial charge in [0.1, 0.15) is 5.75 Å². The Morgan fingerprint density at radius 1 is 0.917 bits per heavy atom. The molecule has 184 valence electrons. The Labute approximate surface area is 213 Å². The molecule has 1 N–H and O–H groups in total. The lowest BCUT2D eigenvalue weighted by Gasteiger charge is -2.38. The van der Waals surface area contributed by atoms with Crippen molar-refractivity contribution < 1.29 is 9.53 Å². The zero-order valence-electron chi connectivity index (χ0n) is 21.2. The highest BCUT2D eigenvalue weighted by molar-refractivity contribution is 6.05. The molecule has 1 aliphatic heterocycles. The molecule has 1 aromatic heterocycles. The van der Waals surface area contributed by atoms with Crippen molar-refractivity contribution in [2.24, 2.45) is 0 Å². The lowest BCUT2D eigenvalue weighted by Crippen LogP contribution is -2.43. The third kappa shape index (κ3) is 5.26. The number of aromatic nitrogens is 1. The molecule has 0 saturated carbocycles. The number of carbonyl (C=O) groups is 1. The van der Waals surface area contributed by atoms with Gasteiger partial charge in [0.25, 0.3) is 5.91 Å². The van der Waals surface area contributed by atoms with E-state index in [-0.39, 0.29) is 5.91 Å². The van der Waals surface area contributed by atoms with Crippen LogP contribution in [0.3, 0.4) is 0 Å². The molecule has 5 rings (SSSR count). The van der Waals surface area contributed by atoms with Crippen LogP contribution in [0.25, 0.3) is 22.0 Å². The van der Waals surface area contributed by atoms with Gasteiger partial charge >= 0.3 is 0 Å². The summed E-state index contributed by atoms with van der Waals surface area (Å²) >= 11 is 0. The molecule has 1 saturated heterocycles. The van der Waals surface area contributed by atoms with E-state index < -0.39 is 0 Å². The molecule has 2 heterocycles. The van der Waals surface area contributed by atoms with E-state index in [2.05, 4.69) is 36.2 Å². The van der Waals surface area contributed by atoms with Gasteiger partial charge in [-0.3, -0.25) is 14.7 Å². The van der Waals surface area contributed by atoms with Crippen LogP contribution in [0, 0.1) is 0 Å². The third-order valence-electron chi connectivity index (χ3n) is 7.30. The number of pyridine rings is 1. The smallest absolute Gasteiger partial charge is 0.255 e. The number of amides is 1. The number of carbonyl (C=O) groups excluding carboxylic acids is 1. The van der Waals surface area contributed by atoms with Crippen molar-refractivity contribution in [3.05, 3.63) is 90.1 Å². The van der Waals surface area contributed by atoms with Crippen LogP contribution < -0.4 is 10.1 Å². The van der Waals surface area contributed by atoms with Gasteiger partial charge in [-0.25, -0.2) is 0 Å². The molecule has 36 heavy (non-hydrogen) atoms. The number of likely N-dealkylation sites (tertiary alicyclic amines) is 1. The first-order chi connectivity index (χ1) is 17.5. The SMILES string of the molecule is COc1ccc(-c2ccc(C(=O)Nc3ccc4nc(CN5C(C)CCCC5C)ccc4c3)cc2)cc1. The molecule has 0 bridgehead atoms. The van der Waals surface area contributed by atoms with Gasteiger partial charge in [-0.15, -0.1) is 0 Å². The summed E-state index contributed by atoms with van der Waals surface area (Å²) in [7, 11) is 1.66. The van der Waals surface area contributed by atoms with Gasteiger partial charge in [0.2, 0.25) is 0 Å². The van der Waals surface area contributed by atoms with Crippen LogP contribution in [0.4, 0.5) is 5.69 Å². The van der Waals surface area contributed by atoms with Gasteiger partial charge in [0, 0.05) is 35.3 Å². The van der Waals surface area contributed by atoms with Crippen molar-refractivity contribution in [2.75, 3.05) is 12.4 Å². The quantitative estimate of drug-likeness (QED) is 0.326. The molecule has 5 heteroatoms. The van der Waals surface area contributed by atoms with E-state index in [0.29, 0.717) is 17.6 Å². The highest BCUT2D eigenvalue weighted by atomic mass is 16.5. The van der Waals surface area contributed by atoms with Gasteiger partial charge in [0.15, 0.2) is 0 Å². The predicted molar refractivity (Wildman–Crippen MR) is 146 cm³/mol. The largest absolute Gasteiger partial charge is 0.497 e. The van der Waals surface area contributed by atoms with Crippen molar-refractivity contribution in [3.8, 4) is 16.9 Å². The van der Waals surface area contributed by atoms with Crippen LogP contribution in [0.5, 0.6) is 5.75 Å². The highest BCUT2D eigenvalue weighted by Gasteiger charge is 2.24. The van der Waals surface area contributed by atoms with Gasteiger partial charge in [-0.05, 0) is 86.3 Å². The second-order valence-corrected chi connectivity index (χ2v) is 9.77. The van der Waals surface area contributed by atoms with E-state index in [9.17, 15) is 4.79 Å². The number of anilines is 1. The maximum absolute atomic E-state index is 12.9. The van der Waals surface area contributed by atoms with Gasteiger partial charge in [-0.2, -0.15) is 0 Å². The summed E-state index contributed by atoms with van der Waals surface area (Å²) < 4.78 is 5.22. The van der Waals surface area contributed by atoms with Crippen molar-refractivity contribution in [1.29, 1.82) is 0 Å². The van der Waals surface area contributed by atoms with Crippen LogP contribution >= 0.6 is 0 Å². The summed E-state index contributed by atoms with van der Waals surface area (Å²) in [6, 6.07) is 26.8. The molecule has 1 fully saturated rings. The average molecular weight is 480 g/mol. The average Bonchev–Trinajstić information content (AvgIpc) is 2.91. The van der Waals surface area contributed by atoms with Crippen LogP contribution in [0.15, 0.2) is 78.9 Å². The number of ether oxygens (including phenoxy) is 1. The molecular weight excluding hydrogens is 446 g/mol. The number of benzene rings is 3. The second kappa shape index (κ2) is 10.5. The number of fused-ring (bicyclic) bond motifs is 1. The fraction of sp³-hybridized carbons (Fsp3) is 0.290. The molecule has 4 aromatic rings. The molecule has 3 aromatic carbocycles. The lowest BCUT2D eigenvalue weighted by atomic mass is 9.97. The number of hydrogen-bond acceptors (Lipinski definition) is 4. The summed E-state index contributed by atoms with van der Waals surface area (Å²) in [6.45, 7) is 5.51. The monoisotopic (exact) mass is 479 g/mol. The van der Waals surface area contributed by atoms with E-state index in [0.717, 1.165) is 45.7 Å². The summed E-state index contributed by atoms with van der Waals surface area (Å²) in [5.74, 6) is 0.691. The summed E-state index contributed by atoms with van der Waals surface area (Å²) in [6.07, 6.45) is 3.82. The number of nitrogens with one attached hydrogen (secondary N) is 1. The molecule has 0 radical (unpaired) electrons. The molecule has 1 aliphatic rings. The van der Waals surface area contributed by atoms with Gasteiger partial charge in [0.05, 0.1) is 18.3 Å². The first-order valence-corrected chi connectivity index (χ1v) is 12.7. The first-order valence-electron chi connectivity index (χ1n) is 12.7. The van der Waals surface area contributed by atoms with Crippen molar-refractivity contribution in [2.45, 2.75) is 51.7 Å². The Kier molecular flexibility index (Phi) is 7.01. The Morgan fingerprint density at radius 3 is 2.25 bits per heavy atom. The Balaban J connectivity index is 1.26. The lowest BCUT2D eigenvalue weighted by molar-refractivity contribution is 0.0939. The number of nitrogens with zero attached hydrogens (tertiary/aromatic N) is 2. The molecule has 2 unspecified atom stereocenters. The Hall–Kier alpha value is -3.70. The minimum Gasteiger partial charge on any atom is -0.497 e. The minimum absolute atomic E-state index is 0.131. The zero-order chi connectivity index (χ0) is 25.1. The number of hydrogen-bond donors (Lipinski definition) is 1. The number of methoxy groups -OCH3 is 1. The van der Waals surface area contributed by atoms with E-state index >= 15 is 0 Å². The second-order valence-electron chi connectivity index (χ2n) is 9.77. The molecule has 5 nitrogen and oxygen atoms in total. The van der Waals surface area contributed by atoms with Crippen LogP contribution in [0.2, 0.25) is 0 Å². The van der Waals surface area contributed by atoms with E-state index in [1.54, 1.807) is 7.11 Å². The molecular formula is C31H33N3O2. The molecule has 0 spiro atoms. The summed E-state index contributed by atoms with van der Waals surface area (Å²) in [4.78, 5) is 20.3. The molecule has 0 aliphatic carbocycles. The van der Waals surface area contributed by atoms with E-state index in [4.69, 9.17) is 9.72 Å².